The molecule has 6 nitrogen and oxygen atoms in total. The molecule has 6 heteroatoms. The van der Waals surface area contributed by atoms with Gasteiger partial charge in [0.15, 0.2) is 0 Å². The number of carbonyl (C=O) groups excluding carboxylic acids is 1. The third kappa shape index (κ3) is 4.40. The standard InChI is InChI=1S/C22H23N3O3/c1-14-5-7-20(27-3)17(11-14)24-16-9-10-23-19(13-16)22(26)25-18-12-15(2)6-8-21(18)28-4/h5-13H,1-4H3,(H,23,24)(H,25,26). The summed E-state index contributed by atoms with van der Waals surface area (Å²) in [6.45, 7) is 3.96. The molecule has 3 rings (SSSR count). The van der Waals surface area contributed by atoms with E-state index in [1.54, 1.807) is 32.5 Å². The molecule has 0 aliphatic carbocycles. The van der Waals surface area contributed by atoms with Crippen LogP contribution in [0.2, 0.25) is 0 Å². The molecule has 0 atom stereocenters. The number of nitrogens with zero attached hydrogens (tertiary/aromatic N) is 1. The topological polar surface area (TPSA) is 72.5 Å². The molecular weight excluding hydrogens is 354 g/mol. The van der Waals surface area contributed by atoms with Crippen molar-refractivity contribution in [2.75, 3.05) is 24.9 Å². The van der Waals surface area contributed by atoms with E-state index in [2.05, 4.69) is 15.6 Å². The van der Waals surface area contributed by atoms with Crippen LogP contribution in [0.5, 0.6) is 11.5 Å². The van der Waals surface area contributed by atoms with Gasteiger partial charge >= 0.3 is 0 Å². The first-order valence-corrected chi connectivity index (χ1v) is 8.84. The van der Waals surface area contributed by atoms with E-state index in [-0.39, 0.29) is 5.91 Å². The number of anilines is 3. The Kier molecular flexibility index (Phi) is 5.79. The zero-order chi connectivity index (χ0) is 20.1. The summed E-state index contributed by atoms with van der Waals surface area (Å²) in [4.78, 5) is 16.9. The van der Waals surface area contributed by atoms with Crippen molar-refractivity contribution in [3.05, 3.63) is 71.5 Å². The number of hydrogen-bond donors (Lipinski definition) is 2. The van der Waals surface area contributed by atoms with Crippen molar-refractivity contribution in [1.29, 1.82) is 0 Å². The van der Waals surface area contributed by atoms with Gasteiger partial charge in [-0.15, -0.1) is 0 Å². The Morgan fingerprint density at radius 3 is 2.11 bits per heavy atom. The number of ether oxygens (including phenoxy) is 2. The molecule has 0 fully saturated rings. The molecule has 0 bridgehead atoms. The largest absolute Gasteiger partial charge is 0.495 e. The molecule has 1 aromatic heterocycles. The van der Waals surface area contributed by atoms with E-state index in [1.165, 1.54) is 0 Å². The van der Waals surface area contributed by atoms with Crippen LogP contribution in [0.3, 0.4) is 0 Å². The van der Waals surface area contributed by atoms with Gasteiger partial charge in [-0.05, 0) is 61.4 Å². The van der Waals surface area contributed by atoms with E-state index in [0.29, 0.717) is 17.1 Å². The Morgan fingerprint density at radius 1 is 0.857 bits per heavy atom. The second-order valence-electron chi connectivity index (χ2n) is 6.42. The summed E-state index contributed by atoms with van der Waals surface area (Å²) < 4.78 is 10.7. The Labute approximate surface area is 164 Å². The first kappa shape index (κ1) is 19.2. The maximum absolute atomic E-state index is 12.7. The van der Waals surface area contributed by atoms with Gasteiger partial charge in [0.05, 0.1) is 25.6 Å². The molecule has 0 radical (unpaired) electrons. The van der Waals surface area contributed by atoms with E-state index >= 15 is 0 Å². The molecule has 2 aromatic carbocycles. The highest BCUT2D eigenvalue weighted by atomic mass is 16.5. The van der Waals surface area contributed by atoms with Crippen molar-refractivity contribution in [2.24, 2.45) is 0 Å². The average molecular weight is 377 g/mol. The lowest BCUT2D eigenvalue weighted by Gasteiger charge is -2.13. The summed E-state index contributed by atoms with van der Waals surface area (Å²) in [5.74, 6) is 0.999. The molecule has 1 amide bonds. The van der Waals surface area contributed by atoms with E-state index in [1.807, 2.05) is 50.2 Å². The van der Waals surface area contributed by atoms with Gasteiger partial charge in [-0.2, -0.15) is 0 Å². The molecular formula is C22H23N3O3. The normalized spacial score (nSPS) is 10.3. The van der Waals surface area contributed by atoms with Gasteiger partial charge in [0, 0.05) is 11.9 Å². The van der Waals surface area contributed by atoms with Crippen LogP contribution in [-0.2, 0) is 0 Å². The van der Waals surface area contributed by atoms with Crippen molar-refractivity contribution in [2.45, 2.75) is 13.8 Å². The van der Waals surface area contributed by atoms with Gasteiger partial charge in [0.25, 0.3) is 5.91 Å². The summed E-state index contributed by atoms with van der Waals surface area (Å²) >= 11 is 0. The molecule has 0 saturated heterocycles. The minimum absolute atomic E-state index is 0.292. The highest BCUT2D eigenvalue weighted by Crippen LogP contribution is 2.29. The number of pyridine rings is 1. The van der Waals surface area contributed by atoms with Gasteiger partial charge < -0.3 is 20.1 Å². The fourth-order valence-corrected chi connectivity index (χ4v) is 2.81. The predicted octanol–water partition coefficient (Wildman–Crippen LogP) is 4.71. The van der Waals surface area contributed by atoms with Crippen LogP contribution in [0.1, 0.15) is 21.6 Å². The van der Waals surface area contributed by atoms with Crippen molar-refractivity contribution in [3.63, 3.8) is 0 Å². The molecule has 0 saturated carbocycles. The van der Waals surface area contributed by atoms with E-state index in [4.69, 9.17) is 9.47 Å². The van der Waals surface area contributed by atoms with E-state index < -0.39 is 0 Å². The zero-order valence-electron chi connectivity index (χ0n) is 16.4. The maximum Gasteiger partial charge on any atom is 0.274 e. The molecule has 0 unspecified atom stereocenters. The van der Waals surface area contributed by atoms with Crippen LogP contribution in [0.25, 0.3) is 0 Å². The summed E-state index contributed by atoms with van der Waals surface area (Å²) in [5, 5.41) is 6.15. The number of aryl methyl sites for hydroxylation is 2. The average Bonchev–Trinajstić information content (AvgIpc) is 2.68. The Morgan fingerprint density at radius 2 is 1.46 bits per heavy atom. The van der Waals surface area contributed by atoms with Crippen molar-refractivity contribution < 1.29 is 14.3 Å². The zero-order valence-corrected chi connectivity index (χ0v) is 16.4. The second kappa shape index (κ2) is 8.43. The minimum Gasteiger partial charge on any atom is -0.495 e. The lowest BCUT2D eigenvalue weighted by molar-refractivity contribution is 0.102. The van der Waals surface area contributed by atoms with Crippen LogP contribution >= 0.6 is 0 Å². The van der Waals surface area contributed by atoms with Crippen LogP contribution in [0.15, 0.2) is 54.7 Å². The lowest BCUT2D eigenvalue weighted by Crippen LogP contribution is -2.14. The highest BCUT2D eigenvalue weighted by molar-refractivity contribution is 6.04. The van der Waals surface area contributed by atoms with Gasteiger partial charge in [0.1, 0.15) is 17.2 Å². The number of carbonyl (C=O) groups is 1. The maximum atomic E-state index is 12.7. The number of hydrogen-bond acceptors (Lipinski definition) is 5. The van der Waals surface area contributed by atoms with Crippen LogP contribution in [0.4, 0.5) is 17.1 Å². The Balaban J connectivity index is 1.83. The number of benzene rings is 2. The summed E-state index contributed by atoms with van der Waals surface area (Å²) in [6, 6.07) is 15.0. The summed E-state index contributed by atoms with van der Waals surface area (Å²) in [5.41, 5.74) is 4.57. The van der Waals surface area contributed by atoms with Gasteiger partial charge in [-0.25, -0.2) is 0 Å². The smallest absolute Gasteiger partial charge is 0.274 e. The third-order valence-electron chi connectivity index (χ3n) is 4.23. The predicted molar refractivity (Wildman–Crippen MR) is 111 cm³/mol. The molecule has 3 aromatic rings. The SMILES string of the molecule is COc1ccc(C)cc1NC(=O)c1cc(Nc2cc(C)ccc2OC)ccn1. The second-order valence-corrected chi connectivity index (χ2v) is 6.42. The molecule has 0 spiro atoms. The number of methoxy groups -OCH3 is 2. The van der Waals surface area contributed by atoms with Crippen molar-refractivity contribution >= 4 is 23.0 Å². The summed E-state index contributed by atoms with van der Waals surface area (Å²) in [7, 11) is 3.19. The van der Waals surface area contributed by atoms with E-state index in [9.17, 15) is 4.79 Å². The fraction of sp³-hybridized carbons (Fsp3) is 0.182. The molecule has 0 aliphatic rings. The van der Waals surface area contributed by atoms with Crippen LogP contribution in [-0.4, -0.2) is 25.1 Å². The Bertz CT molecular complexity index is 1000. The minimum atomic E-state index is -0.316. The van der Waals surface area contributed by atoms with Crippen LogP contribution in [0, 0.1) is 13.8 Å². The molecule has 0 aliphatic heterocycles. The van der Waals surface area contributed by atoms with Gasteiger partial charge in [-0.3, -0.25) is 9.78 Å². The van der Waals surface area contributed by atoms with Crippen molar-refractivity contribution in [3.8, 4) is 11.5 Å². The Hall–Kier alpha value is -3.54. The number of aromatic nitrogens is 1. The monoisotopic (exact) mass is 377 g/mol. The molecule has 1 heterocycles. The number of nitrogens with one attached hydrogen (secondary N) is 2. The third-order valence-corrected chi connectivity index (χ3v) is 4.23. The first-order valence-electron chi connectivity index (χ1n) is 8.84. The number of rotatable bonds is 6. The summed E-state index contributed by atoms with van der Waals surface area (Å²) in [6.07, 6.45) is 1.59. The molecule has 144 valence electrons. The van der Waals surface area contributed by atoms with Gasteiger partial charge in [-0.1, -0.05) is 12.1 Å². The van der Waals surface area contributed by atoms with Crippen LogP contribution < -0.4 is 20.1 Å². The van der Waals surface area contributed by atoms with Gasteiger partial charge in [0.2, 0.25) is 0 Å². The quantitative estimate of drug-likeness (QED) is 0.651. The van der Waals surface area contributed by atoms with E-state index in [0.717, 1.165) is 28.3 Å². The highest BCUT2D eigenvalue weighted by Gasteiger charge is 2.12. The fourth-order valence-electron chi connectivity index (χ4n) is 2.81. The molecule has 2 N–H and O–H groups in total. The lowest BCUT2D eigenvalue weighted by atomic mass is 10.2. The van der Waals surface area contributed by atoms with Crippen molar-refractivity contribution in [1.82, 2.24) is 4.98 Å². The molecule has 28 heavy (non-hydrogen) atoms. The first-order chi connectivity index (χ1) is 13.5. The number of amides is 1.